The maximum absolute atomic E-state index is 11.6. The molecule has 1 saturated heterocycles. The Kier molecular flexibility index (Phi) is 3.02. The molecule has 3 N–H and O–H groups in total. The van der Waals surface area contributed by atoms with Crippen LogP contribution in [0.1, 0.15) is 16.3 Å². The third-order valence-corrected chi connectivity index (χ3v) is 2.56. The van der Waals surface area contributed by atoms with Crippen molar-refractivity contribution in [1.29, 1.82) is 0 Å². The van der Waals surface area contributed by atoms with E-state index in [4.69, 9.17) is 10.3 Å². The molecule has 96 valence electrons. The van der Waals surface area contributed by atoms with Gasteiger partial charge in [0.25, 0.3) is 5.91 Å². The van der Waals surface area contributed by atoms with E-state index in [0.717, 1.165) is 4.90 Å². The van der Waals surface area contributed by atoms with Crippen LogP contribution in [-0.4, -0.2) is 41.2 Å². The summed E-state index contributed by atoms with van der Waals surface area (Å²) in [6, 6.07) is 2.55. The summed E-state index contributed by atoms with van der Waals surface area (Å²) in [5.74, 6) is 4.45. The van der Waals surface area contributed by atoms with Gasteiger partial charge in [-0.15, -0.1) is 0 Å². The van der Waals surface area contributed by atoms with Gasteiger partial charge in [-0.3, -0.25) is 19.9 Å². The molecule has 8 heteroatoms. The molecule has 8 nitrogen and oxygen atoms in total. The lowest BCUT2D eigenvalue weighted by molar-refractivity contribution is -0.125. The number of likely N-dealkylation sites (N-methyl/N-ethyl adjacent to an activating group) is 1. The monoisotopic (exact) mass is 252 g/mol. The van der Waals surface area contributed by atoms with Gasteiger partial charge in [0.1, 0.15) is 12.3 Å². The first-order valence-corrected chi connectivity index (χ1v) is 5.18. The number of carbonyl (C=O) groups excluding carboxylic acids is 3. The van der Waals surface area contributed by atoms with Crippen molar-refractivity contribution in [2.24, 2.45) is 5.84 Å². The molecule has 18 heavy (non-hydrogen) atoms. The van der Waals surface area contributed by atoms with Crippen molar-refractivity contribution >= 4 is 17.8 Å². The smallest absolute Gasteiger partial charge is 0.327 e. The fourth-order valence-electron chi connectivity index (χ4n) is 1.64. The summed E-state index contributed by atoms with van der Waals surface area (Å²) in [5.41, 5.74) is 1.92. The van der Waals surface area contributed by atoms with Gasteiger partial charge in [0.05, 0.1) is 6.54 Å². The number of urea groups is 1. The van der Waals surface area contributed by atoms with E-state index in [0.29, 0.717) is 5.76 Å². The molecule has 0 radical (unpaired) electrons. The fraction of sp³-hybridized carbons (Fsp3) is 0.300. The average Bonchev–Trinajstić information content (AvgIpc) is 2.90. The van der Waals surface area contributed by atoms with Crippen LogP contribution in [0.3, 0.4) is 0 Å². The van der Waals surface area contributed by atoms with Gasteiger partial charge in [-0.05, 0) is 12.1 Å². The summed E-state index contributed by atoms with van der Waals surface area (Å²) in [4.78, 5) is 36.6. The summed E-state index contributed by atoms with van der Waals surface area (Å²) < 4.78 is 5.17. The zero-order valence-electron chi connectivity index (χ0n) is 9.67. The average molecular weight is 252 g/mol. The summed E-state index contributed by atoms with van der Waals surface area (Å²) in [6.07, 6.45) is 0. The highest BCUT2D eigenvalue weighted by Gasteiger charge is 2.34. The Labute approximate surface area is 102 Å². The van der Waals surface area contributed by atoms with Gasteiger partial charge in [-0.2, -0.15) is 0 Å². The maximum atomic E-state index is 11.6. The SMILES string of the molecule is CN1CC(=O)N(Cc2ccc(C(=O)NN)o2)C1=O. The molecular formula is C10H12N4O4. The van der Waals surface area contributed by atoms with E-state index >= 15 is 0 Å². The van der Waals surface area contributed by atoms with Crippen LogP contribution in [0.2, 0.25) is 0 Å². The van der Waals surface area contributed by atoms with Gasteiger partial charge < -0.3 is 9.32 Å². The molecule has 1 aliphatic heterocycles. The van der Waals surface area contributed by atoms with Crippen molar-refractivity contribution in [3.8, 4) is 0 Å². The molecular weight excluding hydrogens is 240 g/mol. The fourth-order valence-corrected chi connectivity index (χ4v) is 1.64. The lowest BCUT2D eigenvalue weighted by Gasteiger charge is -2.11. The quantitative estimate of drug-likeness (QED) is 0.319. The topological polar surface area (TPSA) is 109 Å². The third kappa shape index (κ3) is 2.05. The maximum Gasteiger partial charge on any atom is 0.327 e. The molecule has 4 amide bonds. The predicted molar refractivity (Wildman–Crippen MR) is 58.9 cm³/mol. The van der Waals surface area contributed by atoms with Gasteiger partial charge in [-0.25, -0.2) is 10.6 Å². The van der Waals surface area contributed by atoms with E-state index in [-0.39, 0.29) is 30.8 Å². The number of amides is 4. The zero-order chi connectivity index (χ0) is 13.3. The lowest BCUT2D eigenvalue weighted by atomic mass is 10.4. The molecule has 1 aliphatic rings. The second-order valence-corrected chi connectivity index (χ2v) is 3.86. The minimum Gasteiger partial charge on any atom is -0.454 e. The van der Waals surface area contributed by atoms with E-state index in [1.165, 1.54) is 24.1 Å². The second kappa shape index (κ2) is 4.49. The van der Waals surface area contributed by atoms with Crippen molar-refractivity contribution in [2.45, 2.75) is 6.54 Å². The molecule has 0 unspecified atom stereocenters. The number of nitrogens with zero attached hydrogens (tertiary/aromatic N) is 2. The standard InChI is InChI=1S/C10H12N4O4/c1-13-5-8(15)14(10(13)17)4-6-2-3-7(18-6)9(16)12-11/h2-3H,4-5,11H2,1H3,(H,12,16). The van der Waals surface area contributed by atoms with Crippen LogP contribution < -0.4 is 11.3 Å². The van der Waals surface area contributed by atoms with E-state index in [1.54, 1.807) is 0 Å². The first kappa shape index (κ1) is 12.1. The molecule has 1 fully saturated rings. The Hall–Kier alpha value is -2.35. The second-order valence-electron chi connectivity index (χ2n) is 3.86. The van der Waals surface area contributed by atoms with Crippen LogP contribution in [0.25, 0.3) is 0 Å². The molecule has 0 aromatic carbocycles. The normalized spacial score (nSPS) is 15.4. The first-order valence-electron chi connectivity index (χ1n) is 5.18. The largest absolute Gasteiger partial charge is 0.454 e. The molecule has 0 spiro atoms. The Morgan fingerprint density at radius 1 is 1.50 bits per heavy atom. The molecule has 2 rings (SSSR count). The molecule has 1 aromatic rings. The number of nitrogens with one attached hydrogen (secondary N) is 1. The van der Waals surface area contributed by atoms with Gasteiger partial charge in [0.15, 0.2) is 5.76 Å². The molecule has 0 aliphatic carbocycles. The van der Waals surface area contributed by atoms with E-state index < -0.39 is 5.91 Å². The van der Waals surface area contributed by atoms with Crippen molar-refractivity contribution in [1.82, 2.24) is 15.2 Å². The highest BCUT2D eigenvalue weighted by molar-refractivity contribution is 6.01. The van der Waals surface area contributed by atoms with Gasteiger partial charge in [-0.1, -0.05) is 0 Å². The third-order valence-electron chi connectivity index (χ3n) is 2.56. The Bertz CT molecular complexity index is 510. The van der Waals surface area contributed by atoms with Crippen LogP contribution in [0.15, 0.2) is 16.5 Å². The van der Waals surface area contributed by atoms with Crippen molar-refractivity contribution in [3.63, 3.8) is 0 Å². The number of hydrogen-bond acceptors (Lipinski definition) is 5. The van der Waals surface area contributed by atoms with Crippen LogP contribution in [0.5, 0.6) is 0 Å². The minimum atomic E-state index is -0.572. The highest BCUT2D eigenvalue weighted by Crippen LogP contribution is 2.15. The number of imide groups is 1. The number of carbonyl (C=O) groups is 3. The van der Waals surface area contributed by atoms with Crippen LogP contribution in [-0.2, 0) is 11.3 Å². The summed E-state index contributed by atoms with van der Waals surface area (Å²) in [5, 5.41) is 0. The molecule has 1 aromatic heterocycles. The summed E-state index contributed by atoms with van der Waals surface area (Å²) in [6.45, 7) is 0.0511. The number of hydrazine groups is 1. The van der Waals surface area contributed by atoms with Gasteiger partial charge in [0, 0.05) is 7.05 Å². The number of nitrogens with two attached hydrogens (primary N) is 1. The number of nitrogen functional groups attached to an aromatic ring is 1. The molecule has 2 heterocycles. The zero-order valence-corrected chi connectivity index (χ0v) is 9.67. The molecule has 0 saturated carbocycles. The van der Waals surface area contributed by atoms with E-state index in [2.05, 4.69) is 0 Å². The Balaban J connectivity index is 2.10. The predicted octanol–water partition coefficient (Wildman–Crippen LogP) is -0.723. The Morgan fingerprint density at radius 2 is 2.22 bits per heavy atom. The number of furan rings is 1. The number of hydrogen-bond donors (Lipinski definition) is 2. The summed E-state index contributed by atoms with van der Waals surface area (Å²) in [7, 11) is 1.54. The van der Waals surface area contributed by atoms with Crippen LogP contribution >= 0.6 is 0 Å². The molecule has 0 atom stereocenters. The number of rotatable bonds is 3. The Morgan fingerprint density at radius 3 is 2.78 bits per heavy atom. The van der Waals surface area contributed by atoms with Gasteiger partial charge >= 0.3 is 11.9 Å². The summed E-state index contributed by atoms with van der Waals surface area (Å²) >= 11 is 0. The van der Waals surface area contributed by atoms with Crippen LogP contribution in [0.4, 0.5) is 4.79 Å². The minimum absolute atomic E-state index is 0.000141. The lowest BCUT2D eigenvalue weighted by Crippen LogP contribution is -2.31. The van der Waals surface area contributed by atoms with Crippen molar-refractivity contribution in [2.75, 3.05) is 13.6 Å². The molecule has 0 bridgehead atoms. The highest BCUT2D eigenvalue weighted by atomic mass is 16.4. The van der Waals surface area contributed by atoms with E-state index in [9.17, 15) is 14.4 Å². The van der Waals surface area contributed by atoms with Crippen LogP contribution in [0, 0.1) is 0 Å². The van der Waals surface area contributed by atoms with E-state index in [1.807, 2.05) is 5.43 Å². The first-order chi connectivity index (χ1) is 8.52. The van der Waals surface area contributed by atoms with Crippen molar-refractivity contribution in [3.05, 3.63) is 23.7 Å². The van der Waals surface area contributed by atoms with Crippen molar-refractivity contribution < 1.29 is 18.8 Å². The van der Waals surface area contributed by atoms with Gasteiger partial charge in [0.2, 0.25) is 0 Å².